The summed E-state index contributed by atoms with van der Waals surface area (Å²) in [6.07, 6.45) is 2.76. The number of rotatable bonds is 6. The molecule has 1 aliphatic heterocycles. The van der Waals surface area contributed by atoms with Crippen LogP contribution in [0.15, 0.2) is 35.4 Å². The van der Waals surface area contributed by atoms with Gasteiger partial charge in [-0.05, 0) is 38.1 Å². The minimum absolute atomic E-state index is 0.0628. The fourth-order valence-electron chi connectivity index (χ4n) is 3.21. The summed E-state index contributed by atoms with van der Waals surface area (Å²) in [6.45, 7) is 7.74. The molecule has 3 rings (SSSR count). The van der Waals surface area contributed by atoms with Crippen LogP contribution in [0.3, 0.4) is 0 Å². The third-order valence-corrected chi connectivity index (χ3v) is 4.95. The van der Waals surface area contributed by atoms with Gasteiger partial charge in [-0.2, -0.15) is 5.01 Å². The standard InChI is InChI=1S/C18H25N3O2/c1-3-20(4-2)13-14-23-16-18(11-8-12-18)17(22)21(19-16)15-9-6-5-7-10-15/h5-7,9-10H,3-4,8,11-14H2,1-2H3. The number of para-hydroxylation sites is 1. The Morgan fingerprint density at radius 3 is 2.48 bits per heavy atom. The Labute approximate surface area is 137 Å². The van der Waals surface area contributed by atoms with E-state index in [1.54, 1.807) is 0 Å². The van der Waals surface area contributed by atoms with Crippen molar-refractivity contribution in [2.45, 2.75) is 33.1 Å². The summed E-state index contributed by atoms with van der Waals surface area (Å²) >= 11 is 0. The molecule has 1 spiro atoms. The van der Waals surface area contributed by atoms with Gasteiger partial charge in [-0.1, -0.05) is 38.5 Å². The largest absolute Gasteiger partial charge is 0.478 e. The van der Waals surface area contributed by atoms with Crippen LogP contribution in [-0.4, -0.2) is 42.9 Å². The second kappa shape index (κ2) is 6.71. The van der Waals surface area contributed by atoms with Crippen molar-refractivity contribution >= 4 is 17.5 Å². The highest BCUT2D eigenvalue weighted by atomic mass is 16.5. The molecule has 1 heterocycles. The number of hydrogen-bond acceptors (Lipinski definition) is 4. The average molecular weight is 315 g/mol. The van der Waals surface area contributed by atoms with Gasteiger partial charge in [0.1, 0.15) is 12.0 Å². The van der Waals surface area contributed by atoms with E-state index in [9.17, 15) is 4.79 Å². The molecule has 0 aromatic heterocycles. The van der Waals surface area contributed by atoms with Crippen molar-refractivity contribution in [2.24, 2.45) is 10.5 Å². The average Bonchev–Trinajstić information content (AvgIpc) is 2.85. The lowest BCUT2D eigenvalue weighted by Crippen LogP contribution is -2.46. The van der Waals surface area contributed by atoms with Crippen molar-refractivity contribution in [3.8, 4) is 0 Å². The second-order valence-electron chi connectivity index (χ2n) is 6.17. The fourth-order valence-corrected chi connectivity index (χ4v) is 3.21. The highest BCUT2D eigenvalue weighted by molar-refractivity contribution is 6.17. The van der Waals surface area contributed by atoms with Gasteiger partial charge in [0.15, 0.2) is 0 Å². The smallest absolute Gasteiger partial charge is 0.263 e. The number of nitrogens with zero attached hydrogens (tertiary/aromatic N) is 3. The second-order valence-corrected chi connectivity index (χ2v) is 6.17. The van der Waals surface area contributed by atoms with Gasteiger partial charge in [-0.25, -0.2) is 0 Å². The van der Waals surface area contributed by atoms with Crippen LogP contribution in [0.1, 0.15) is 33.1 Å². The molecule has 0 bridgehead atoms. The number of ether oxygens (including phenoxy) is 1. The monoisotopic (exact) mass is 315 g/mol. The third-order valence-electron chi connectivity index (χ3n) is 4.95. The maximum Gasteiger partial charge on any atom is 0.263 e. The molecule has 0 N–H and O–H groups in total. The SMILES string of the molecule is CCN(CC)CCOC1=NN(c2ccccc2)C(=O)C12CCC2. The molecule has 1 aromatic carbocycles. The molecule has 1 aromatic rings. The van der Waals surface area contributed by atoms with Crippen molar-refractivity contribution in [2.75, 3.05) is 31.3 Å². The van der Waals surface area contributed by atoms with Crippen LogP contribution in [0, 0.1) is 5.41 Å². The van der Waals surface area contributed by atoms with Crippen LogP contribution in [0.5, 0.6) is 0 Å². The Morgan fingerprint density at radius 1 is 1.22 bits per heavy atom. The van der Waals surface area contributed by atoms with Gasteiger partial charge in [0.2, 0.25) is 5.90 Å². The van der Waals surface area contributed by atoms with Crippen LogP contribution in [-0.2, 0) is 9.53 Å². The van der Waals surface area contributed by atoms with E-state index in [4.69, 9.17) is 4.74 Å². The van der Waals surface area contributed by atoms with Gasteiger partial charge in [0.25, 0.3) is 5.91 Å². The zero-order valence-electron chi connectivity index (χ0n) is 14.0. The lowest BCUT2D eigenvalue weighted by Gasteiger charge is -2.36. The first-order valence-corrected chi connectivity index (χ1v) is 8.55. The Hall–Kier alpha value is -1.88. The lowest BCUT2D eigenvalue weighted by atomic mass is 9.68. The topological polar surface area (TPSA) is 45.1 Å². The van der Waals surface area contributed by atoms with Gasteiger partial charge in [0, 0.05) is 6.54 Å². The van der Waals surface area contributed by atoms with Crippen LogP contribution in [0.2, 0.25) is 0 Å². The number of hydrogen-bond donors (Lipinski definition) is 0. The maximum atomic E-state index is 12.9. The molecule has 0 saturated heterocycles. The van der Waals surface area contributed by atoms with Crippen LogP contribution in [0.4, 0.5) is 5.69 Å². The van der Waals surface area contributed by atoms with Gasteiger partial charge in [-0.15, -0.1) is 5.10 Å². The maximum absolute atomic E-state index is 12.9. The Bertz CT molecular complexity index is 577. The predicted molar refractivity (Wildman–Crippen MR) is 91.4 cm³/mol. The zero-order chi connectivity index (χ0) is 16.3. The molecule has 1 amide bonds. The van der Waals surface area contributed by atoms with E-state index < -0.39 is 5.41 Å². The van der Waals surface area contributed by atoms with E-state index in [2.05, 4.69) is 23.8 Å². The Morgan fingerprint density at radius 2 is 1.91 bits per heavy atom. The highest BCUT2D eigenvalue weighted by Gasteiger charge is 2.56. The number of hydrazone groups is 1. The third kappa shape index (κ3) is 2.85. The molecule has 124 valence electrons. The number of anilines is 1. The summed E-state index contributed by atoms with van der Waals surface area (Å²) in [5.41, 5.74) is 0.310. The van der Waals surface area contributed by atoms with Crippen molar-refractivity contribution in [3.63, 3.8) is 0 Å². The molecule has 1 aliphatic carbocycles. The Kier molecular flexibility index (Phi) is 4.66. The van der Waals surface area contributed by atoms with Gasteiger partial charge in [0.05, 0.1) is 5.69 Å². The summed E-state index contributed by atoms with van der Waals surface area (Å²) in [6, 6.07) is 9.60. The molecule has 5 heteroatoms. The summed E-state index contributed by atoms with van der Waals surface area (Å²) < 4.78 is 5.96. The lowest BCUT2D eigenvalue weighted by molar-refractivity contribution is -0.127. The highest BCUT2D eigenvalue weighted by Crippen LogP contribution is 2.48. The summed E-state index contributed by atoms with van der Waals surface area (Å²) in [7, 11) is 0. The van der Waals surface area contributed by atoms with Crippen LogP contribution in [0.25, 0.3) is 0 Å². The quantitative estimate of drug-likeness (QED) is 0.811. The van der Waals surface area contributed by atoms with E-state index in [0.717, 1.165) is 44.6 Å². The minimum Gasteiger partial charge on any atom is -0.478 e. The minimum atomic E-state index is -0.501. The molecule has 0 radical (unpaired) electrons. The molecule has 1 saturated carbocycles. The molecular weight excluding hydrogens is 290 g/mol. The number of amides is 1. The number of benzene rings is 1. The molecular formula is C18H25N3O2. The number of carbonyl (C=O) groups is 1. The van der Waals surface area contributed by atoms with E-state index in [1.165, 1.54) is 5.01 Å². The Balaban J connectivity index is 1.73. The van der Waals surface area contributed by atoms with Crippen molar-refractivity contribution < 1.29 is 9.53 Å². The van der Waals surface area contributed by atoms with E-state index in [1.807, 2.05) is 30.3 Å². The first kappa shape index (κ1) is 16.0. The molecule has 1 fully saturated rings. The van der Waals surface area contributed by atoms with Crippen LogP contribution < -0.4 is 5.01 Å². The van der Waals surface area contributed by atoms with E-state index in [0.29, 0.717) is 12.5 Å². The molecule has 0 atom stereocenters. The molecule has 23 heavy (non-hydrogen) atoms. The van der Waals surface area contributed by atoms with Crippen LogP contribution >= 0.6 is 0 Å². The van der Waals surface area contributed by atoms with Gasteiger partial charge in [-0.3, -0.25) is 4.79 Å². The summed E-state index contributed by atoms with van der Waals surface area (Å²) in [5.74, 6) is 0.678. The van der Waals surface area contributed by atoms with Gasteiger partial charge < -0.3 is 9.64 Å². The normalized spacial score (nSPS) is 19.2. The zero-order valence-corrected chi connectivity index (χ0v) is 14.0. The van der Waals surface area contributed by atoms with E-state index in [-0.39, 0.29) is 5.91 Å². The summed E-state index contributed by atoms with van der Waals surface area (Å²) in [4.78, 5) is 15.2. The molecule has 0 unspecified atom stereocenters. The molecule has 2 aliphatic rings. The first-order valence-electron chi connectivity index (χ1n) is 8.55. The van der Waals surface area contributed by atoms with E-state index >= 15 is 0 Å². The van der Waals surface area contributed by atoms with Crippen molar-refractivity contribution in [1.82, 2.24) is 4.90 Å². The number of carbonyl (C=O) groups excluding carboxylic acids is 1. The molecule has 5 nitrogen and oxygen atoms in total. The van der Waals surface area contributed by atoms with Crippen molar-refractivity contribution in [1.29, 1.82) is 0 Å². The first-order chi connectivity index (χ1) is 11.2. The fraction of sp³-hybridized carbons (Fsp3) is 0.556. The van der Waals surface area contributed by atoms with Gasteiger partial charge >= 0.3 is 0 Å². The summed E-state index contributed by atoms with van der Waals surface area (Å²) in [5, 5.41) is 6.04. The number of likely N-dealkylation sites (N-methyl/N-ethyl adjacent to an activating group) is 1. The van der Waals surface area contributed by atoms with Crippen molar-refractivity contribution in [3.05, 3.63) is 30.3 Å². The predicted octanol–water partition coefficient (Wildman–Crippen LogP) is 2.88.